The summed E-state index contributed by atoms with van der Waals surface area (Å²) in [6, 6.07) is 54.5. The molecule has 93 heavy (non-hydrogen) atoms. The number of carboxylic acids is 1. The van der Waals surface area contributed by atoms with Crippen molar-refractivity contribution in [3.63, 3.8) is 0 Å². The summed E-state index contributed by atoms with van der Waals surface area (Å²) in [4.78, 5) is 100. The summed E-state index contributed by atoms with van der Waals surface area (Å²) in [5.74, 6) is 0.326. The van der Waals surface area contributed by atoms with Crippen molar-refractivity contribution in [2.24, 2.45) is 0 Å². The lowest BCUT2D eigenvalue weighted by atomic mass is 10.0. The lowest BCUT2D eigenvalue weighted by Gasteiger charge is -2.24. The Hall–Kier alpha value is -9.91. The molecule has 18 heteroatoms. The van der Waals surface area contributed by atoms with E-state index in [0.29, 0.717) is 98.6 Å². The second-order valence-electron chi connectivity index (χ2n) is 24.2. The van der Waals surface area contributed by atoms with E-state index in [0.717, 1.165) is 102 Å². The van der Waals surface area contributed by atoms with E-state index in [1.807, 2.05) is 164 Å². The van der Waals surface area contributed by atoms with E-state index in [9.17, 15) is 33.6 Å². The molecule has 6 heterocycles. The minimum absolute atomic E-state index is 0.000440. The van der Waals surface area contributed by atoms with Crippen LogP contribution in [0.3, 0.4) is 0 Å². The number of aryl methyl sites for hydroxylation is 3. The van der Waals surface area contributed by atoms with Crippen molar-refractivity contribution >= 4 is 74.7 Å². The molecular formula is C75H78N8O10. The fourth-order valence-corrected chi connectivity index (χ4v) is 12.5. The van der Waals surface area contributed by atoms with Crippen LogP contribution in [0.1, 0.15) is 98.4 Å². The van der Waals surface area contributed by atoms with Gasteiger partial charge in [0, 0.05) is 67.7 Å². The average Bonchev–Trinajstić information content (AvgIpc) is 1.75. The molecule has 13 rings (SSSR count). The van der Waals surface area contributed by atoms with Crippen molar-refractivity contribution in [1.29, 1.82) is 0 Å². The number of Topliss-reactive ketones (excluding diaryl/α,β-unsaturated/α-hetero) is 2. The maximum absolute atomic E-state index is 13.4. The third-order valence-corrected chi connectivity index (χ3v) is 17.5. The lowest BCUT2D eigenvalue weighted by Crippen LogP contribution is -2.43. The van der Waals surface area contributed by atoms with E-state index in [1.54, 1.807) is 21.9 Å². The molecule has 0 bridgehead atoms. The Morgan fingerprint density at radius 1 is 0.452 bits per heavy atom. The Morgan fingerprint density at radius 2 is 0.882 bits per heavy atom. The van der Waals surface area contributed by atoms with Crippen molar-refractivity contribution in [1.82, 2.24) is 30.4 Å². The molecule has 18 nitrogen and oxygen atoms in total. The van der Waals surface area contributed by atoms with Crippen LogP contribution < -0.4 is 21.3 Å². The van der Waals surface area contributed by atoms with Crippen LogP contribution in [0.25, 0.3) is 45.1 Å². The quantitative estimate of drug-likeness (QED) is 0.0449. The summed E-state index contributed by atoms with van der Waals surface area (Å²) in [7, 11) is 0. The van der Waals surface area contributed by atoms with Gasteiger partial charge in [0.25, 0.3) is 0 Å². The van der Waals surface area contributed by atoms with Crippen LogP contribution in [0, 0.1) is 0 Å². The number of ketones is 2. The zero-order valence-electron chi connectivity index (χ0n) is 52.1. The monoisotopic (exact) mass is 1250 g/mol. The number of nitrogens with one attached hydrogen (secondary N) is 4. The highest BCUT2D eigenvalue weighted by atomic mass is 16.4. The van der Waals surface area contributed by atoms with Crippen molar-refractivity contribution in [2.45, 2.75) is 127 Å². The van der Waals surface area contributed by atoms with Gasteiger partial charge in [-0.05, 0) is 184 Å². The van der Waals surface area contributed by atoms with Gasteiger partial charge in [0.15, 0.2) is 22.7 Å². The molecule has 0 spiro atoms. The lowest BCUT2D eigenvalue weighted by molar-refractivity contribution is -0.137. The summed E-state index contributed by atoms with van der Waals surface area (Å²) >= 11 is 0. The molecular weight excluding hydrogens is 1170 g/mol. The zero-order valence-corrected chi connectivity index (χ0v) is 52.1. The van der Waals surface area contributed by atoms with Gasteiger partial charge in [-0.1, -0.05) is 103 Å². The summed E-state index contributed by atoms with van der Waals surface area (Å²) in [5, 5.41) is 20.8. The van der Waals surface area contributed by atoms with Gasteiger partial charge >= 0.3 is 5.97 Å². The van der Waals surface area contributed by atoms with Gasteiger partial charge in [-0.25, -0.2) is 9.97 Å². The smallest absolute Gasteiger partial charge is 0.303 e. The van der Waals surface area contributed by atoms with Gasteiger partial charge in [-0.3, -0.25) is 33.6 Å². The molecule has 4 saturated heterocycles. The number of oxazole rings is 2. The Bertz CT molecular complexity index is 4030. The highest BCUT2D eigenvalue weighted by Gasteiger charge is 2.35. The number of aromatic nitrogens is 2. The molecule has 4 amide bonds. The number of hydrogen-bond donors (Lipinski definition) is 5. The van der Waals surface area contributed by atoms with Crippen molar-refractivity contribution < 1.29 is 47.5 Å². The molecule has 4 fully saturated rings. The van der Waals surface area contributed by atoms with Gasteiger partial charge in [0.05, 0.1) is 18.1 Å². The van der Waals surface area contributed by atoms with Gasteiger partial charge < -0.3 is 45.0 Å². The van der Waals surface area contributed by atoms with Crippen LogP contribution in [-0.2, 0) is 65.7 Å². The Morgan fingerprint density at radius 3 is 1.34 bits per heavy atom. The number of fused-ring (bicyclic) bond motifs is 2. The van der Waals surface area contributed by atoms with Gasteiger partial charge in [0.1, 0.15) is 17.1 Å². The number of carbonyl (C=O) groups excluding carboxylic acids is 6. The third-order valence-electron chi connectivity index (χ3n) is 17.5. The molecule has 4 atom stereocenters. The average molecular weight is 1250 g/mol. The number of carboxylic acid groups (broad SMARTS) is 1. The van der Waals surface area contributed by atoms with E-state index < -0.39 is 18.1 Å². The predicted molar refractivity (Wildman–Crippen MR) is 357 cm³/mol. The highest BCUT2D eigenvalue weighted by Crippen LogP contribution is 2.30. The SMILES string of the molecule is O=C(Cc1ccc2oc(-c3ccc(NC(=O)[C@@H]4CCCN4)cc3)nc2c1)[C@@H]1CCCN1.O=C(Cc1ccc2oc(-c3ccc(NC(=O)[C@@H]4CCCN4C(=O)CCc4ccccc4)cc3)nc2c1)[C@@H]1CCCN1C(=O)CCc1ccccc1.O=C(O)CCc1ccccc1. The third kappa shape index (κ3) is 17.6. The number of likely N-dealkylation sites (tertiary alicyclic amines) is 2. The topological polar surface area (TPSA) is 246 Å². The first-order chi connectivity index (χ1) is 45.3. The standard InChI is InChI=1S/C42H42N4O5.C24H26N4O3.C9H10O2/c47-37(35-13-7-25-45(35)39(48)23-16-29-9-3-1-4-10-29)28-31-15-22-38-34(27-31)44-42(51-38)32-18-20-33(21-19-32)43-41(50)36-14-8-26-46(36)40(49)24-17-30-11-5-2-6-12-30;29-21(18-3-1-11-25-18)14-15-5-10-22-20(13-15)28-24(31-22)16-6-8-17(9-7-16)27-23(30)19-4-2-12-26-19;10-9(11)7-6-8-4-2-1-3-5-8/h1-6,9-12,15,18-22,27,35-36H,7-8,13-14,16-17,23-26,28H2,(H,43,50);5-10,13,18-19,25-26H,1-4,11-12,14H2,(H,27,30);1-5H,6-7H2,(H,10,11)/t35-,36-;18-,19-;/m00./s1. The summed E-state index contributed by atoms with van der Waals surface area (Å²) in [6.07, 6.45) is 10.4. The summed E-state index contributed by atoms with van der Waals surface area (Å²) in [6.45, 7) is 3.02. The molecule has 7 aromatic carbocycles. The molecule has 0 aliphatic carbocycles. The molecule has 0 unspecified atom stereocenters. The van der Waals surface area contributed by atoms with Crippen molar-refractivity contribution in [2.75, 3.05) is 36.8 Å². The largest absolute Gasteiger partial charge is 0.481 e. The normalized spacial score (nSPS) is 17.5. The maximum atomic E-state index is 13.4. The van der Waals surface area contributed by atoms with Crippen molar-refractivity contribution in [3.8, 4) is 22.9 Å². The Labute approximate surface area is 540 Å². The molecule has 0 saturated carbocycles. The van der Waals surface area contributed by atoms with Gasteiger partial charge in [0.2, 0.25) is 35.4 Å². The maximum Gasteiger partial charge on any atom is 0.303 e. The first-order valence-electron chi connectivity index (χ1n) is 32.4. The van der Waals surface area contributed by atoms with E-state index >= 15 is 0 Å². The summed E-state index contributed by atoms with van der Waals surface area (Å²) < 4.78 is 12.0. The van der Waals surface area contributed by atoms with Crippen LogP contribution in [-0.4, -0.2) is 116 Å². The van der Waals surface area contributed by atoms with E-state index in [-0.39, 0.29) is 60.1 Å². The van der Waals surface area contributed by atoms with Crippen LogP contribution >= 0.6 is 0 Å². The molecule has 9 aromatic rings. The van der Waals surface area contributed by atoms with Gasteiger partial charge in [-0.2, -0.15) is 0 Å². The number of amides is 4. The molecule has 2 aromatic heterocycles. The molecule has 0 radical (unpaired) electrons. The number of benzene rings is 7. The van der Waals surface area contributed by atoms with Crippen LogP contribution in [0.2, 0.25) is 0 Å². The first-order valence-corrected chi connectivity index (χ1v) is 32.4. The van der Waals surface area contributed by atoms with Crippen LogP contribution in [0.5, 0.6) is 0 Å². The minimum Gasteiger partial charge on any atom is -0.481 e. The molecule has 4 aliphatic heterocycles. The van der Waals surface area contributed by atoms with E-state index in [4.69, 9.17) is 18.9 Å². The number of carbonyl (C=O) groups is 7. The van der Waals surface area contributed by atoms with E-state index in [2.05, 4.69) is 26.3 Å². The zero-order chi connectivity index (χ0) is 64.5. The van der Waals surface area contributed by atoms with Gasteiger partial charge in [-0.15, -0.1) is 0 Å². The number of anilines is 2. The number of nitrogens with zero attached hydrogens (tertiary/aromatic N) is 4. The van der Waals surface area contributed by atoms with Crippen LogP contribution in [0.4, 0.5) is 11.4 Å². The molecule has 478 valence electrons. The molecule has 4 aliphatic rings. The Kier molecular flexibility index (Phi) is 21.8. The fourth-order valence-electron chi connectivity index (χ4n) is 12.5. The number of rotatable bonds is 21. The number of aliphatic carboxylic acids is 1. The van der Waals surface area contributed by atoms with E-state index in [1.165, 1.54) is 0 Å². The molecule has 5 N–H and O–H groups in total. The second kappa shape index (κ2) is 31.4. The number of hydrogen-bond acceptors (Lipinski definition) is 13. The fraction of sp³-hybridized carbons (Fsp3) is 0.320. The van der Waals surface area contributed by atoms with Crippen LogP contribution in [0.15, 0.2) is 185 Å². The first kappa shape index (κ1) is 64.6. The predicted octanol–water partition coefficient (Wildman–Crippen LogP) is 11.5. The second-order valence-corrected chi connectivity index (χ2v) is 24.2. The highest BCUT2D eigenvalue weighted by molar-refractivity contribution is 5.98. The summed E-state index contributed by atoms with van der Waals surface area (Å²) in [5.41, 5.74) is 10.7. The van der Waals surface area contributed by atoms with Crippen molar-refractivity contribution in [3.05, 3.63) is 204 Å². The Balaban J connectivity index is 0.000000176. The minimum atomic E-state index is -0.742.